The molecule has 0 aliphatic carbocycles. The van der Waals surface area contributed by atoms with Crippen molar-refractivity contribution in [2.75, 3.05) is 0 Å². The van der Waals surface area contributed by atoms with Crippen molar-refractivity contribution in [3.63, 3.8) is 0 Å². The minimum atomic E-state index is -4.52. The van der Waals surface area contributed by atoms with Crippen LogP contribution in [0.2, 0.25) is 0 Å². The Morgan fingerprint density at radius 1 is 1.33 bits per heavy atom. The summed E-state index contributed by atoms with van der Waals surface area (Å²) in [6.07, 6.45) is -3.97. The van der Waals surface area contributed by atoms with E-state index >= 15 is 0 Å². The normalized spacial score (nSPS) is 13.6. The third kappa shape index (κ3) is 1.51. The van der Waals surface area contributed by atoms with E-state index < -0.39 is 23.7 Å². The summed E-state index contributed by atoms with van der Waals surface area (Å²) >= 11 is 0. The Balaban J connectivity index is 4.88. The van der Waals surface area contributed by atoms with Crippen LogP contribution in [0, 0.1) is 5.41 Å². The molecule has 12 heavy (non-hydrogen) atoms. The van der Waals surface area contributed by atoms with Gasteiger partial charge in [-0.2, -0.15) is 8.78 Å². The van der Waals surface area contributed by atoms with E-state index in [1.165, 1.54) is 0 Å². The van der Waals surface area contributed by atoms with Crippen molar-refractivity contribution in [1.29, 1.82) is 0 Å². The van der Waals surface area contributed by atoms with Crippen molar-refractivity contribution in [1.82, 2.24) is 0 Å². The van der Waals surface area contributed by atoms with Gasteiger partial charge in [0.05, 0.1) is 0 Å². The second-order valence-corrected chi connectivity index (χ2v) is 2.85. The Hall–Kier alpha value is -0.810. The molecule has 0 heterocycles. The molecule has 0 aromatic rings. The standard InChI is InChI=1S/C6H8F4O2/c1-5(2,4(11)12)6(9,10)3(7)8/h3H,1-2H3,(H,11,12). The van der Waals surface area contributed by atoms with E-state index in [0.717, 1.165) is 0 Å². The summed E-state index contributed by atoms with van der Waals surface area (Å²) in [5.41, 5.74) is -2.75. The summed E-state index contributed by atoms with van der Waals surface area (Å²) in [7, 11) is 0. The zero-order chi connectivity index (χ0) is 10.2. The van der Waals surface area contributed by atoms with E-state index in [9.17, 15) is 22.4 Å². The third-order valence-corrected chi connectivity index (χ3v) is 1.64. The SMILES string of the molecule is CC(C)(C(=O)O)C(F)(F)C(F)F. The summed E-state index contributed by atoms with van der Waals surface area (Å²) < 4.78 is 48.2. The molecule has 0 aromatic heterocycles. The molecule has 0 unspecified atom stereocenters. The first-order chi connectivity index (χ1) is 5.14. The highest BCUT2D eigenvalue weighted by molar-refractivity contribution is 5.75. The number of carboxylic acid groups (broad SMARTS) is 1. The van der Waals surface area contributed by atoms with Crippen LogP contribution in [0.1, 0.15) is 13.8 Å². The fourth-order valence-corrected chi connectivity index (χ4v) is 0.415. The highest BCUT2D eigenvalue weighted by Gasteiger charge is 2.58. The van der Waals surface area contributed by atoms with E-state index in [2.05, 4.69) is 0 Å². The van der Waals surface area contributed by atoms with Gasteiger partial charge in [0.1, 0.15) is 5.41 Å². The summed E-state index contributed by atoms with van der Waals surface area (Å²) in [6.45, 7) is 1.11. The van der Waals surface area contributed by atoms with Crippen LogP contribution < -0.4 is 0 Å². The summed E-state index contributed by atoms with van der Waals surface area (Å²) in [6, 6.07) is 0. The fraction of sp³-hybridized carbons (Fsp3) is 0.833. The van der Waals surface area contributed by atoms with Crippen molar-refractivity contribution in [2.45, 2.75) is 26.2 Å². The molecule has 0 amide bonds. The van der Waals surface area contributed by atoms with Crippen molar-refractivity contribution in [3.8, 4) is 0 Å². The monoisotopic (exact) mass is 188 g/mol. The molecule has 0 aliphatic heterocycles. The molecular formula is C6H8F4O2. The molecule has 0 radical (unpaired) electrons. The van der Waals surface area contributed by atoms with Gasteiger partial charge in [0.2, 0.25) is 0 Å². The quantitative estimate of drug-likeness (QED) is 0.687. The topological polar surface area (TPSA) is 37.3 Å². The van der Waals surface area contributed by atoms with E-state index in [-0.39, 0.29) is 0 Å². The maximum atomic E-state index is 12.4. The van der Waals surface area contributed by atoms with Gasteiger partial charge in [-0.15, -0.1) is 0 Å². The van der Waals surface area contributed by atoms with Crippen LogP contribution in [0.15, 0.2) is 0 Å². The highest BCUT2D eigenvalue weighted by atomic mass is 19.3. The van der Waals surface area contributed by atoms with E-state index in [1.54, 1.807) is 0 Å². The molecule has 1 N–H and O–H groups in total. The van der Waals surface area contributed by atoms with Gasteiger partial charge in [-0.25, -0.2) is 8.78 Å². The first kappa shape index (κ1) is 11.2. The smallest absolute Gasteiger partial charge is 0.322 e. The van der Waals surface area contributed by atoms with Gasteiger partial charge in [0, 0.05) is 0 Å². The number of carboxylic acids is 1. The van der Waals surface area contributed by atoms with Crippen LogP contribution in [0.3, 0.4) is 0 Å². The van der Waals surface area contributed by atoms with Crippen LogP contribution in [0.4, 0.5) is 17.6 Å². The zero-order valence-corrected chi connectivity index (χ0v) is 6.44. The van der Waals surface area contributed by atoms with Crippen molar-refractivity contribution in [3.05, 3.63) is 0 Å². The lowest BCUT2D eigenvalue weighted by molar-refractivity contribution is -0.210. The number of carbonyl (C=O) groups is 1. The molecule has 0 bridgehead atoms. The van der Waals surface area contributed by atoms with E-state index in [1.807, 2.05) is 0 Å². The minimum Gasteiger partial charge on any atom is -0.481 e. The number of halogens is 4. The van der Waals surface area contributed by atoms with Gasteiger partial charge in [-0.1, -0.05) is 0 Å². The molecule has 0 fully saturated rings. The average Bonchev–Trinajstić information content (AvgIpc) is 1.86. The van der Waals surface area contributed by atoms with Crippen LogP contribution in [0.5, 0.6) is 0 Å². The van der Waals surface area contributed by atoms with Gasteiger partial charge >= 0.3 is 18.3 Å². The zero-order valence-electron chi connectivity index (χ0n) is 6.44. The number of rotatable bonds is 3. The number of aliphatic carboxylic acids is 1. The number of alkyl halides is 4. The lowest BCUT2D eigenvalue weighted by Gasteiger charge is -2.28. The van der Waals surface area contributed by atoms with Gasteiger partial charge in [0.25, 0.3) is 0 Å². The Morgan fingerprint density at radius 3 is 1.75 bits per heavy atom. The largest absolute Gasteiger partial charge is 0.481 e. The second kappa shape index (κ2) is 2.91. The molecule has 0 saturated carbocycles. The molecule has 0 aliphatic rings. The number of hydrogen-bond acceptors (Lipinski definition) is 1. The van der Waals surface area contributed by atoms with Gasteiger partial charge < -0.3 is 5.11 Å². The molecule has 72 valence electrons. The average molecular weight is 188 g/mol. The van der Waals surface area contributed by atoms with Crippen molar-refractivity contribution in [2.24, 2.45) is 5.41 Å². The lowest BCUT2D eigenvalue weighted by Crippen LogP contribution is -2.47. The Labute approximate surface area is 66.2 Å². The lowest BCUT2D eigenvalue weighted by atomic mass is 9.86. The Bertz CT molecular complexity index is 188. The van der Waals surface area contributed by atoms with Crippen molar-refractivity contribution < 1.29 is 27.5 Å². The van der Waals surface area contributed by atoms with Crippen molar-refractivity contribution >= 4 is 5.97 Å². The Kier molecular flexibility index (Phi) is 2.72. The van der Waals surface area contributed by atoms with Gasteiger partial charge in [-0.3, -0.25) is 4.79 Å². The summed E-state index contributed by atoms with van der Waals surface area (Å²) in [4.78, 5) is 10.2. The fourth-order valence-electron chi connectivity index (χ4n) is 0.415. The maximum absolute atomic E-state index is 12.4. The van der Waals surface area contributed by atoms with Gasteiger partial charge in [0.15, 0.2) is 0 Å². The highest BCUT2D eigenvalue weighted by Crippen LogP contribution is 2.40. The first-order valence-electron chi connectivity index (χ1n) is 3.03. The first-order valence-corrected chi connectivity index (χ1v) is 3.03. The predicted molar refractivity (Wildman–Crippen MR) is 32.4 cm³/mol. The predicted octanol–water partition coefficient (Wildman–Crippen LogP) is 2.00. The molecule has 0 rings (SSSR count). The second-order valence-electron chi connectivity index (χ2n) is 2.85. The van der Waals surface area contributed by atoms with Crippen LogP contribution in [-0.2, 0) is 4.79 Å². The van der Waals surface area contributed by atoms with Gasteiger partial charge in [-0.05, 0) is 13.8 Å². The van der Waals surface area contributed by atoms with Crippen LogP contribution in [0.25, 0.3) is 0 Å². The number of hydrogen-bond donors (Lipinski definition) is 1. The molecule has 0 saturated heterocycles. The van der Waals surface area contributed by atoms with E-state index in [4.69, 9.17) is 5.11 Å². The van der Waals surface area contributed by atoms with Crippen LogP contribution >= 0.6 is 0 Å². The van der Waals surface area contributed by atoms with Crippen LogP contribution in [-0.4, -0.2) is 23.4 Å². The third-order valence-electron chi connectivity index (χ3n) is 1.64. The Morgan fingerprint density at radius 2 is 1.67 bits per heavy atom. The minimum absolute atomic E-state index is 0.557. The molecule has 6 heteroatoms. The van der Waals surface area contributed by atoms with E-state index in [0.29, 0.717) is 13.8 Å². The maximum Gasteiger partial charge on any atom is 0.322 e. The molecule has 0 spiro atoms. The molecule has 0 aromatic carbocycles. The molecule has 0 atom stereocenters. The summed E-state index contributed by atoms with van der Waals surface area (Å²) in [5.74, 6) is -6.47. The molecule has 2 nitrogen and oxygen atoms in total. The summed E-state index contributed by atoms with van der Waals surface area (Å²) in [5, 5.41) is 8.21. The molecular weight excluding hydrogens is 180 g/mol.